The smallest absolute Gasteiger partial charge is 0.338 e. The SMILES string of the molecule is C=C(Cc1ccccc1C(C)(C)C)OC.C=C(Cc1cccnc1C(C)(C)C)OC(C)(C)C.C=C(Cc1ccncc1C(C)(C)C)OC(C)(C)C.CC(C)(C)Cc1ccccc1C(=O)OC(C)(C)C.CC(C)(C)Cc1ccccc1CSC(C)(C)C. The molecule has 0 unspecified atom stereocenters. The molecule has 5 aromatic rings. The van der Waals surface area contributed by atoms with E-state index in [1.165, 1.54) is 38.9 Å². The predicted octanol–water partition coefficient (Wildman–Crippen LogP) is 21.7. The molecule has 7 nitrogen and oxygen atoms in total. The van der Waals surface area contributed by atoms with Gasteiger partial charge in [0.1, 0.15) is 16.8 Å². The summed E-state index contributed by atoms with van der Waals surface area (Å²) in [6, 6.07) is 31.2. The van der Waals surface area contributed by atoms with Gasteiger partial charge in [-0.25, -0.2) is 4.79 Å². The maximum Gasteiger partial charge on any atom is 0.338 e. The van der Waals surface area contributed by atoms with Gasteiger partial charge in [0.05, 0.1) is 30.0 Å². The second-order valence-corrected chi connectivity index (χ2v) is 33.8. The molecule has 0 spiro atoms. The lowest BCUT2D eigenvalue weighted by Gasteiger charge is -2.26. The molecule has 0 radical (unpaired) electrons. The maximum absolute atomic E-state index is 12.1. The first kappa shape index (κ1) is 78.4. The zero-order valence-electron chi connectivity index (χ0n) is 59.6. The number of aromatic nitrogens is 2. The molecule has 5 rings (SSSR count). The first-order valence-corrected chi connectivity index (χ1v) is 31.8. The summed E-state index contributed by atoms with van der Waals surface area (Å²) in [6.45, 7) is 69.8. The summed E-state index contributed by atoms with van der Waals surface area (Å²) in [5, 5.41) is 0. The van der Waals surface area contributed by atoms with Crippen molar-refractivity contribution in [3.63, 3.8) is 0 Å². The van der Waals surface area contributed by atoms with Crippen LogP contribution in [0.15, 0.2) is 147 Å². The van der Waals surface area contributed by atoms with E-state index in [-0.39, 0.29) is 38.8 Å². The van der Waals surface area contributed by atoms with Gasteiger partial charge in [-0.3, -0.25) is 9.97 Å². The van der Waals surface area contributed by atoms with E-state index in [1.807, 2.05) is 123 Å². The van der Waals surface area contributed by atoms with Crippen molar-refractivity contribution in [2.75, 3.05) is 7.11 Å². The molecule has 2 aromatic heterocycles. The molecule has 0 saturated carbocycles. The Morgan fingerprint density at radius 1 is 0.430 bits per heavy atom. The molecule has 0 aliphatic rings. The number of benzene rings is 3. The van der Waals surface area contributed by atoms with Crippen LogP contribution in [0.25, 0.3) is 0 Å². The minimum Gasteiger partial charge on any atom is -0.501 e. The van der Waals surface area contributed by atoms with Crippen LogP contribution in [0.2, 0.25) is 0 Å². The van der Waals surface area contributed by atoms with Crippen LogP contribution in [0, 0.1) is 10.8 Å². The van der Waals surface area contributed by atoms with Gasteiger partial charge in [-0.2, -0.15) is 11.8 Å². The number of allylic oxidation sites excluding steroid dienone is 3. The Balaban J connectivity index is 0.000000538. The van der Waals surface area contributed by atoms with Gasteiger partial charge in [-0.05, 0) is 160 Å². The van der Waals surface area contributed by atoms with Crippen molar-refractivity contribution in [2.45, 2.75) is 263 Å². The Bertz CT molecular complexity index is 2800. The monoisotopic (exact) mass is 1200 g/mol. The number of ether oxygens (including phenoxy) is 4. The third-order valence-electron chi connectivity index (χ3n) is 12.4. The van der Waals surface area contributed by atoms with Gasteiger partial charge < -0.3 is 18.9 Å². The van der Waals surface area contributed by atoms with Crippen LogP contribution in [-0.4, -0.2) is 44.6 Å². The van der Waals surface area contributed by atoms with E-state index in [4.69, 9.17) is 18.9 Å². The van der Waals surface area contributed by atoms with Crippen molar-refractivity contribution in [3.8, 4) is 0 Å². The van der Waals surface area contributed by atoms with Crippen molar-refractivity contribution in [2.24, 2.45) is 10.8 Å². The number of carbonyl (C=O) groups excluding carboxylic acids is 1. The standard InChI is InChI=1S/2C16H25NO.C16H24O2.C16H26S.C14H20O/c1-12(18-16(5,6)7)10-13-8-9-17-11-14(13)15(2,3)4;1-12(18-16(5,6)7)11-13-9-8-10-17-14(13)15(2,3)4;1-15(2,3)11-12-9-7-8-10-13(12)14(17)18-16(4,5)6;1-15(2,3)11-13-9-7-8-10-14(13)12-17-16(4,5)6;1-11(15-5)10-12-8-6-7-9-13(12)14(2,3)4/h8-9,11H,1,10H2,2-7H3;8-10H,1,11H2,2-7H3;7-10H,11H2,1-6H3;7-10H,11-12H2,1-6H3;6-9H,1,10H2,2-5H3. The van der Waals surface area contributed by atoms with Crippen molar-refractivity contribution in [3.05, 3.63) is 202 Å². The molecule has 0 aliphatic heterocycles. The molecule has 0 N–H and O–H groups in total. The molecule has 0 aliphatic carbocycles. The number of carbonyl (C=O) groups is 1. The largest absolute Gasteiger partial charge is 0.501 e. The number of thioether (sulfide) groups is 1. The Labute approximate surface area is 531 Å². The fourth-order valence-electron chi connectivity index (χ4n) is 9.08. The molecule has 8 heteroatoms. The van der Waals surface area contributed by atoms with Crippen molar-refractivity contribution >= 4 is 17.7 Å². The lowest BCUT2D eigenvalue weighted by molar-refractivity contribution is 0.00675. The summed E-state index contributed by atoms with van der Waals surface area (Å²) in [7, 11) is 1.67. The van der Waals surface area contributed by atoms with Crippen LogP contribution in [0.1, 0.15) is 248 Å². The van der Waals surface area contributed by atoms with Gasteiger partial charge in [0.15, 0.2) is 0 Å². The van der Waals surface area contributed by atoms with E-state index in [2.05, 4.69) is 215 Å². The molecule has 0 saturated heterocycles. The molecule has 0 bridgehead atoms. The quantitative estimate of drug-likeness (QED) is 0.0804. The summed E-state index contributed by atoms with van der Waals surface area (Å²) >= 11 is 2.03. The predicted molar refractivity (Wildman–Crippen MR) is 374 cm³/mol. The Hall–Kier alpha value is -5.60. The van der Waals surface area contributed by atoms with Crippen LogP contribution >= 0.6 is 11.8 Å². The average Bonchev–Trinajstić information content (AvgIpc) is 3.09. The lowest BCUT2D eigenvalue weighted by Crippen LogP contribution is -2.25. The fraction of sp³-hybridized carbons (Fsp3) is 0.551. The number of hydrogen-bond donors (Lipinski definition) is 0. The van der Waals surface area contributed by atoms with Gasteiger partial charge in [0.25, 0.3) is 0 Å². The lowest BCUT2D eigenvalue weighted by atomic mass is 9.83. The molecule has 2 heterocycles. The van der Waals surface area contributed by atoms with Gasteiger partial charge in [-0.1, -0.05) is 217 Å². The van der Waals surface area contributed by atoms with Crippen LogP contribution in [-0.2, 0) is 73.0 Å². The average molecular weight is 1200 g/mol. The first-order chi connectivity index (χ1) is 38.9. The molecular formula is C78H120N2O5S. The van der Waals surface area contributed by atoms with E-state index in [9.17, 15) is 4.79 Å². The summed E-state index contributed by atoms with van der Waals surface area (Å²) in [4.78, 5) is 20.9. The third-order valence-corrected chi connectivity index (χ3v) is 13.7. The highest BCUT2D eigenvalue weighted by Gasteiger charge is 2.25. The van der Waals surface area contributed by atoms with Gasteiger partial charge in [0, 0.05) is 59.5 Å². The summed E-state index contributed by atoms with van der Waals surface area (Å²) < 4.78 is 22.5. The minimum absolute atomic E-state index is 0.0403. The zero-order chi connectivity index (χ0) is 66.5. The van der Waals surface area contributed by atoms with Crippen molar-refractivity contribution < 1.29 is 23.7 Å². The number of pyridine rings is 2. The van der Waals surface area contributed by atoms with E-state index < -0.39 is 5.60 Å². The topological polar surface area (TPSA) is 79.8 Å². The zero-order valence-corrected chi connectivity index (χ0v) is 60.4. The van der Waals surface area contributed by atoms with E-state index >= 15 is 0 Å². The Kier molecular flexibility index (Phi) is 30.2. The van der Waals surface area contributed by atoms with E-state index in [0.29, 0.717) is 15.7 Å². The number of nitrogens with zero attached hydrogens (tertiary/aromatic N) is 2. The minimum atomic E-state index is -0.452. The summed E-state index contributed by atoms with van der Waals surface area (Å²) in [6.07, 6.45) is 9.90. The Morgan fingerprint density at radius 2 is 0.837 bits per heavy atom. The fourth-order valence-corrected chi connectivity index (χ4v) is 9.95. The molecule has 86 heavy (non-hydrogen) atoms. The summed E-state index contributed by atoms with van der Waals surface area (Å²) in [5.74, 6) is 3.30. The van der Waals surface area contributed by atoms with Gasteiger partial charge in [-0.15, -0.1) is 0 Å². The molecule has 478 valence electrons. The summed E-state index contributed by atoms with van der Waals surface area (Å²) in [5.41, 5.74) is 12.2. The normalized spacial score (nSPS) is 12.2. The molecule has 0 fully saturated rings. The van der Waals surface area contributed by atoms with E-state index in [0.717, 1.165) is 66.4 Å². The third kappa shape index (κ3) is 34.7. The second kappa shape index (κ2) is 33.1. The maximum atomic E-state index is 12.1. The number of esters is 1. The highest BCUT2D eigenvalue weighted by Crippen LogP contribution is 2.33. The van der Waals surface area contributed by atoms with Crippen molar-refractivity contribution in [1.29, 1.82) is 0 Å². The van der Waals surface area contributed by atoms with Gasteiger partial charge in [0.2, 0.25) is 0 Å². The molecule has 3 aromatic carbocycles. The van der Waals surface area contributed by atoms with Crippen LogP contribution < -0.4 is 0 Å². The van der Waals surface area contributed by atoms with Gasteiger partial charge >= 0.3 is 5.97 Å². The van der Waals surface area contributed by atoms with E-state index in [1.54, 1.807) is 7.11 Å². The number of hydrogen-bond acceptors (Lipinski definition) is 8. The molecule has 0 amide bonds. The number of rotatable bonds is 14. The van der Waals surface area contributed by atoms with Crippen LogP contribution in [0.4, 0.5) is 0 Å². The second-order valence-electron chi connectivity index (χ2n) is 32.0. The molecular weight excluding hydrogens is 1080 g/mol. The van der Waals surface area contributed by atoms with Crippen molar-refractivity contribution in [1.82, 2.24) is 9.97 Å². The highest BCUT2D eigenvalue weighted by atomic mass is 32.2. The van der Waals surface area contributed by atoms with Crippen LogP contribution in [0.5, 0.6) is 0 Å². The number of methoxy groups -OCH3 is 1. The first-order valence-electron chi connectivity index (χ1n) is 30.8. The highest BCUT2D eigenvalue weighted by molar-refractivity contribution is 7.99. The molecule has 0 atom stereocenters. The van der Waals surface area contributed by atoms with Crippen LogP contribution in [0.3, 0.4) is 0 Å². The Morgan fingerprint density at radius 3 is 1.29 bits per heavy atom.